The first-order valence-electron chi connectivity index (χ1n) is 10.7. The number of nitrogens with one attached hydrogen (secondary N) is 1. The number of aromatic nitrogens is 1. The highest BCUT2D eigenvalue weighted by Gasteiger charge is 2.40. The molecule has 1 aromatic carbocycles. The molecular weight excluding hydrogens is 467 g/mol. The summed E-state index contributed by atoms with van der Waals surface area (Å²) in [6.45, 7) is 3.82. The number of anilines is 2. The quantitative estimate of drug-likeness (QED) is 0.634. The number of carbonyl (C=O) groups excluding carboxylic acids is 2. The Bertz CT molecular complexity index is 1160. The van der Waals surface area contributed by atoms with E-state index in [1.807, 2.05) is 19.1 Å². The Morgan fingerprint density at radius 2 is 1.89 bits per heavy atom. The number of urea groups is 1. The van der Waals surface area contributed by atoms with E-state index >= 15 is 0 Å². The molecule has 12 heteroatoms. The maximum Gasteiger partial charge on any atom is 0.434 e. The number of amides is 2. The molecular formula is C23H24F3N5O4. The fraction of sp³-hybridized carbons (Fsp3) is 0.391. The summed E-state index contributed by atoms with van der Waals surface area (Å²) in [5.74, 6) is -0.913. The Morgan fingerprint density at radius 3 is 2.46 bits per heavy atom. The molecule has 0 spiro atoms. The summed E-state index contributed by atoms with van der Waals surface area (Å²) in [6, 6.07) is 7.61. The van der Waals surface area contributed by atoms with Crippen LogP contribution in [0.5, 0.6) is 5.75 Å². The van der Waals surface area contributed by atoms with Gasteiger partial charge >= 0.3 is 18.2 Å². The Labute approximate surface area is 200 Å². The van der Waals surface area contributed by atoms with Gasteiger partial charge in [0, 0.05) is 26.2 Å². The van der Waals surface area contributed by atoms with Crippen LogP contribution in [0, 0.1) is 18.3 Å². The molecule has 35 heavy (non-hydrogen) atoms. The van der Waals surface area contributed by atoms with Crippen molar-refractivity contribution in [3.8, 4) is 11.8 Å². The van der Waals surface area contributed by atoms with E-state index in [1.165, 1.54) is 23.8 Å². The highest BCUT2D eigenvalue weighted by atomic mass is 19.4. The molecule has 1 saturated heterocycles. The zero-order valence-electron chi connectivity index (χ0n) is 19.4. The largest absolute Gasteiger partial charge is 0.495 e. The molecule has 0 aliphatic carbocycles. The number of alkyl halides is 3. The topological polar surface area (TPSA) is 108 Å². The van der Waals surface area contributed by atoms with E-state index in [0.717, 1.165) is 11.6 Å². The second-order valence-electron chi connectivity index (χ2n) is 7.69. The number of aryl methyl sites for hydroxylation is 1. The Morgan fingerprint density at radius 1 is 1.20 bits per heavy atom. The van der Waals surface area contributed by atoms with Crippen LogP contribution in [0.15, 0.2) is 24.3 Å². The molecule has 2 amide bonds. The standard InChI is InChI=1S/C23H24F3N5O4/c1-4-35-21(32)16-12-15(13-27)20(29-19(16)23(24,25)26)30-7-9-31(10-8-30)22(33)28-17-11-14(2)5-6-18(17)34-3/h5-6,11-12H,4,7-10H2,1-3H3,(H,28,33). The van der Waals surface area contributed by atoms with Gasteiger partial charge in [0.05, 0.1) is 30.5 Å². The number of hydrogen-bond donors (Lipinski definition) is 1. The van der Waals surface area contributed by atoms with Crippen LogP contribution in [0.2, 0.25) is 0 Å². The first-order chi connectivity index (χ1) is 16.6. The second-order valence-corrected chi connectivity index (χ2v) is 7.69. The van der Waals surface area contributed by atoms with E-state index in [1.54, 1.807) is 12.1 Å². The van der Waals surface area contributed by atoms with Gasteiger partial charge in [-0.2, -0.15) is 18.4 Å². The fourth-order valence-electron chi connectivity index (χ4n) is 3.64. The lowest BCUT2D eigenvalue weighted by Gasteiger charge is -2.36. The van der Waals surface area contributed by atoms with E-state index in [-0.39, 0.29) is 44.2 Å². The van der Waals surface area contributed by atoms with Crippen molar-refractivity contribution < 1.29 is 32.2 Å². The molecule has 9 nitrogen and oxygen atoms in total. The Hall–Kier alpha value is -4.01. The number of nitrogens with zero attached hydrogens (tertiary/aromatic N) is 4. The number of pyridine rings is 1. The van der Waals surface area contributed by atoms with Crippen molar-refractivity contribution in [2.45, 2.75) is 20.0 Å². The molecule has 0 saturated carbocycles. The van der Waals surface area contributed by atoms with Gasteiger partial charge in [0.15, 0.2) is 5.69 Å². The molecule has 1 fully saturated rings. The number of methoxy groups -OCH3 is 1. The number of benzene rings is 1. The van der Waals surface area contributed by atoms with Gasteiger partial charge in [-0.3, -0.25) is 0 Å². The number of esters is 1. The third-order valence-corrected chi connectivity index (χ3v) is 5.35. The zero-order chi connectivity index (χ0) is 25.8. The van der Waals surface area contributed by atoms with Crippen LogP contribution < -0.4 is 15.0 Å². The molecule has 0 atom stereocenters. The van der Waals surface area contributed by atoms with Crippen molar-refractivity contribution in [1.82, 2.24) is 9.88 Å². The third-order valence-electron chi connectivity index (χ3n) is 5.35. The SMILES string of the molecule is CCOC(=O)c1cc(C#N)c(N2CCN(C(=O)Nc3cc(C)ccc3OC)CC2)nc1C(F)(F)F. The first-order valence-corrected chi connectivity index (χ1v) is 10.7. The minimum absolute atomic E-state index is 0.127. The predicted octanol–water partition coefficient (Wildman–Crippen LogP) is 3.82. The molecule has 0 bridgehead atoms. The van der Waals surface area contributed by atoms with Gasteiger partial charge in [0.25, 0.3) is 0 Å². The number of nitriles is 1. The maximum atomic E-state index is 13.7. The lowest BCUT2D eigenvalue weighted by Crippen LogP contribution is -2.50. The normalized spacial score (nSPS) is 13.7. The molecule has 3 rings (SSSR count). The number of ether oxygens (including phenoxy) is 2. The van der Waals surface area contributed by atoms with Crippen molar-refractivity contribution in [2.75, 3.05) is 50.1 Å². The summed E-state index contributed by atoms with van der Waals surface area (Å²) in [4.78, 5) is 31.5. The molecule has 2 heterocycles. The summed E-state index contributed by atoms with van der Waals surface area (Å²) < 4.78 is 50.9. The van der Waals surface area contributed by atoms with Crippen LogP contribution in [0.3, 0.4) is 0 Å². The lowest BCUT2D eigenvalue weighted by atomic mass is 10.1. The van der Waals surface area contributed by atoms with Gasteiger partial charge in [-0.1, -0.05) is 6.07 Å². The van der Waals surface area contributed by atoms with Crippen LogP contribution in [0.25, 0.3) is 0 Å². The lowest BCUT2D eigenvalue weighted by molar-refractivity contribution is -0.141. The number of piperazine rings is 1. The van der Waals surface area contributed by atoms with Gasteiger partial charge in [0.2, 0.25) is 0 Å². The molecule has 0 unspecified atom stereocenters. The molecule has 1 aromatic heterocycles. The average Bonchev–Trinajstić information content (AvgIpc) is 2.83. The summed E-state index contributed by atoms with van der Waals surface area (Å²) in [5.41, 5.74) is -1.00. The Kier molecular flexibility index (Phi) is 7.68. The Balaban J connectivity index is 1.80. The molecule has 1 aliphatic heterocycles. The number of carbonyl (C=O) groups is 2. The van der Waals surface area contributed by atoms with E-state index in [4.69, 9.17) is 9.47 Å². The van der Waals surface area contributed by atoms with E-state index in [9.17, 15) is 28.0 Å². The molecule has 2 aromatic rings. The van der Waals surface area contributed by atoms with Gasteiger partial charge in [-0.05, 0) is 37.6 Å². The second kappa shape index (κ2) is 10.5. The zero-order valence-corrected chi connectivity index (χ0v) is 19.4. The maximum absolute atomic E-state index is 13.7. The van der Waals surface area contributed by atoms with Crippen molar-refractivity contribution >= 4 is 23.5 Å². The smallest absolute Gasteiger partial charge is 0.434 e. The minimum atomic E-state index is -4.93. The third kappa shape index (κ3) is 5.74. The van der Waals surface area contributed by atoms with E-state index < -0.39 is 29.4 Å². The van der Waals surface area contributed by atoms with Gasteiger partial charge in [-0.15, -0.1) is 0 Å². The molecule has 186 valence electrons. The van der Waals surface area contributed by atoms with Crippen LogP contribution in [0.4, 0.5) is 29.5 Å². The van der Waals surface area contributed by atoms with Gasteiger partial charge in [0.1, 0.15) is 17.6 Å². The van der Waals surface area contributed by atoms with Crippen LogP contribution in [-0.2, 0) is 10.9 Å². The van der Waals surface area contributed by atoms with Gasteiger partial charge < -0.3 is 24.6 Å². The summed E-state index contributed by atoms with van der Waals surface area (Å²) in [7, 11) is 1.49. The number of rotatable bonds is 5. The molecule has 1 N–H and O–H groups in total. The van der Waals surface area contributed by atoms with Crippen LogP contribution in [-0.4, -0.2) is 61.8 Å². The van der Waals surface area contributed by atoms with Crippen molar-refractivity contribution in [3.63, 3.8) is 0 Å². The molecule has 0 radical (unpaired) electrons. The van der Waals surface area contributed by atoms with Crippen molar-refractivity contribution in [3.05, 3.63) is 46.6 Å². The highest BCUT2D eigenvalue weighted by molar-refractivity contribution is 5.92. The summed E-state index contributed by atoms with van der Waals surface area (Å²) in [5, 5.41) is 12.3. The fourth-order valence-corrected chi connectivity index (χ4v) is 3.64. The molecule has 1 aliphatic rings. The number of hydrogen-bond acceptors (Lipinski definition) is 7. The van der Waals surface area contributed by atoms with Crippen LogP contribution >= 0.6 is 0 Å². The first kappa shape index (κ1) is 25.6. The minimum Gasteiger partial charge on any atom is -0.495 e. The van der Waals surface area contributed by atoms with E-state index in [0.29, 0.717) is 11.4 Å². The van der Waals surface area contributed by atoms with Gasteiger partial charge in [-0.25, -0.2) is 14.6 Å². The monoisotopic (exact) mass is 491 g/mol. The van der Waals surface area contributed by atoms with Crippen LogP contribution in [0.1, 0.15) is 34.1 Å². The van der Waals surface area contributed by atoms with Crippen molar-refractivity contribution in [2.24, 2.45) is 0 Å². The highest BCUT2D eigenvalue weighted by Crippen LogP contribution is 2.34. The average molecular weight is 491 g/mol. The van der Waals surface area contributed by atoms with E-state index in [2.05, 4.69) is 10.3 Å². The predicted molar refractivity (Wildman–Crippen MR) is 120 cm³/mol. The summed E-state index contributed by atoms with van der Waals surface area (Å²) >= 11 is 0. The number of halogens is 3. The summed E-state index contributed by atoms with van der Waals surface area (Å²) in [6.07, 6.45) is -4.93. The van der Waals surface area contributed by atoms with Crippen molar-refractivity contribution in [1.29, 1.82) is 5.26 Å².